The summed E-state index contributed by atoms with van der Waals surface area (Å²) in [4.78, 5) is 12.1. The molecular formula is C17H18N2O3S. The number of ether oxygens (including phenoxy) is 2. The molecule has 1 aromatic rings. The Morgan fingerprint density at radius 1 is 1.39 bits per heavy atom. The van der Waals surface area contributed by atoms with Crippen molar-refractivity contribution in [1.82, 2.24) is 5.32 Å². The SMILES string of the molecule is CCCCSC1=C(C#N)C(c2ccc3c(c2)OCO3)CC(=O)N1. The minimum atomic E-state index is -0.229. The standard InChI is InChI=1S/C17H18N2O3S/c1-2-3-6-23-17-13(9-18)12(8-16(20)19-17)11-4-5-14-15(7-11)22-10-21-14/h4-5,7,12H,2-3,6,8,10H2,1H3,(H,19,20). The van der Waals surface area contributed by atoms with Gasteiger partial charge in [0.05, 0.1) is 16.7 Å². The van der Waals surface area contributed by atoms with E-state index >= 15 is 0 Å². The summed E-state index contributed by atoms with van der Waals surface area (Å²) in [5.74, 6) is 1.99. The number of hydrogen-bond donors (Lipinski definition) is 1. The maximum Gasteiger partial charge on any atom is 0.231 e. The summed E-state index contributed by atoms with van der Waals surface area (Å²) >= 11 is 1.55. The number of unbranched alkanes of at least 4 members (excludes halogenated alkanes) is 1. The van der Waals surface area contributed by atoms with E-state index in [0.29, 0.717) is 22.1 Å². The molecule has 1 unspecified atom stereocenters. The van der Waals surface area contributed by atoms with Crippen molar-refractivity contribution in [3.8, 4) is 17.6 Å². The number of rotatable bonds is 5. The van der Waals surface area contributed by atoms with Gasteiger partial charge in [-0.1, -0.05) is 19.4 Å². The molecule has 1 amide bonds. The zero-order chi connectivity index (χ0) is 16.2. The summed E-state index contributed by atoms with van der Waals surface area (Å²) in [7, 11) is 0. The molecule has 0 fully saturated rings. The second kappa shape index (κ2) is 6.97. The molecule has 1 atom stereocenters. The fraction of sp³-hybridized carbons (Fsp3) is 0.412. The molecule has 2 aliphatic heterocycles. The van der Waals surface area contributed by atoms with Gasteiger partial charge in [0.1, 0.15) is 0 Å². The molecule has 0 radical (unpaired) electrons. The van der Waals surface area contributed by atoms with Gasteiger partial charge in [-0.3, -0.25) is 4.79 Å². The summed E-state index contributed by atoms with van der Waals surface area (Å²) in [5, 5.41) is 13.1. The van der Waals surface area contributed by atoms with E-state index in [0.717, 1.165) is 24.2 Å². The average molecular weight is 330 g/mol. The van der Waals surface area contributed by atoms with Crippen LogP contribution in [0.5, 0.6) is 11.5 Å². The summed E-state index contributed by atoms with van der Waals surface area (Å²) in [6.07, 6.45) is 2.42. The van der Waals surface area contributed by atoms with Crippen molar-refractivity contribution in [3.63, 3.8) is 0 Å². The lowest BCUT2D eigenvalue weighted by Crippen LogP contribution is -2.30. The number of nitriles is 1. The van der Waals surface area contributed by atoms with Crippen molar-refractivity contribution >= 4 is 17.7 Å². The Morgan fingerprint density at radius 2 is 2.22 bits per heavy atom. The van der Waals surface area contributed by atoms with Crippen LogP contribution in [-0.2, 0) is 4.79 Å². The van der Waals surface area contributed by atoms with Crippen LogP contribution in [0.3, 0.4) is 0 Å². The quantitative estimate of drug-likeness (QED) is 0.839. The Kier molecular flexibility index (Phi) is 4.77. The van der Waals surface area contributed by atoms with E-state index in [2.05, 4.69) is 18.3 Å². The van der Waals surface area contributed by atoms with Crippen LogP contribution in [0.25, 0.3) is 0 Å². The largest absolute Gasteiger partial charge is 0.454 e. The van der Waals surface area contributed by atoms with Crippen LogP contribution in [-0.4, -0.2) is 18.5 Å². The second-order valence-electron chi connectivity index (χ2n) is 5.47. The predicted octanol–water partition coefficient (Wildman–Crippen LogP) is 3.29. The zero-order valence-corrected chi connectivity index (χ0v) is 13.7. The highest BCUT2D eigenvalue weighted by Crippen LogP contribution is 2.40. The number of benzene rings is 1. The summed E-state index contributed by atoms with van der Waals surface area (Å²) in [6.45, 7) is 2.33. The first-order valence-electron chi connectivity index (χ1n) is 7.69. The van der Waals surface area contributed by atoms with Crippen LogP contribution in [0.15, 0.2) is 28.8 Å². The molecule has 0 saturated carbocycles. The van der Waals surface area contributed by atoms with Crippen molar-refractivity contribution in [2.45, 2.75) is 32.1 Å². The van der Waals surface area contributed by atoms with Crippen molar-refractivity contribution in [1.29, 1.82) is 5.26 Å². The molecule has 3 rings (SSSR count). The number of hydrogen-bond acceptors (Lipinski definition) is 5. The number of nitrogens with zero attached hydrogens (tertiary/aromatic N) is 1. The Balaban J connectivity index is 1.91. The molecule has 0 bridgehead atoms. The number of nitrogens with one attached hydrogen (secondary N) is 1. The van der Waals surface area contributed by atoms with E-state index in [4.69, 9.17) is 9.47 Å². The highest BCUT2D eigenvalue weighted by Gasteiger charge is 2.30. The first-order chi connectivity index (χ1) is 11.2. The van der Waals surface area contributed by atoms with E-state index in [9.17, 15) is 10.1 Å². The van der Waals surface area contributed by atoms with Gasteiger partial charge in [-0.15, -0.1) is 11.8 Å². The highest BCUT2D eigenvalue weighted by atomic mass is 32.2. The molecule has 0 aromatic heterocycles. The predicted molar refractivity (Wildman–Crippen MR) is 88.1 cm³/mol. The van der Waals surface area contributed by atoms with Crippen LogP contribution in [0.2, 0.25) is 0 Å². The molecular weight excluding hydrogens is 312 g/mol. The normalized spacial score (nSPS) is 19.5. The lowest BCUT2D eigenvalue weighted by molar-refractivity contribution is -0.120. The van der Waals surface area contributed by atoms with Crippen LogP contribution < -0.4 is 14.8 Å². The highest BCUT2D eigenvalue weighted by molar-refractivity contribution is 8.03. The van der Waals surface area contributed by atoms with Crippen molar-refractivity contribution in [2.24, 2.45) is 0 Å². The van der Waals surface area contributed by atoms with Gasteiger partial charge in [-0.2, -0.15) is 5.26 Å². The third kappa shape index (κ3) is 3.30. The number of amides is 1. The molecule has 0 aliphatic carbocycles. The molecule has 0 spiro atoms. The van der Waals surface area contributed by atoms with Crippen molar-refractivity contribution < 1.29 is 14.3 Å². The Labute approximate surface area is 139 Å². The van der Waals surface area contributed by atoms with Crippen LogP contribution in [0, 0.1) is 11.3 Å². The van der Waals surface area contributed by atoms with Crippen LogP contribution in [0.4, 0.5) is 0 Å². The Hall–Kier alpha value is -2.13. The molecule has 2 aliphatic rings. The maximum atomic E-state index is 12.1. The van der Waals surface area contributed by atoms with Gasteiger partial charge in [0.25, 0.3) is 0 Å². The minimum Gasteiger partial charge on any atom is -0.454 e. The fourth-order valence-corrected chi connectivity index (χ4v) is 3.83. The summed E-state index contributed by atoms with van der Waals surface area (Å²) in [6, 6.07) is 7.90. The van der Waals surface area contributed by atoms with Gasteiger partial charge in [0.2, 0.25) is 12.7 Å². The Morgan fingerprint density at radius 3 is 3.00 bits per heavy atom. The number of fused-ring (bicyclic) bond motifs is 1. The lowest BCUT2D eigenvalue weighted by atomic mass is 9.87. The van der Waals surface area contributed by atoms with Gasteiger partial charge >= 0.3 is 0 Å². The molecule has 0 saturated heterocycles. The third-order valence-electron chi connectivity index (χ3n) is 3.90. The van der Waals surface area contributed by atoms with E-state index < -0.39 is 0 Å². The van der Waals surface area contributed by atoms with E-state index in [-0.39, 0.29) is 25.0 Å². The first kappa shape index (κ1) is 15.8. The molecule has 6 heteroatoms. The summed E-state index contributed by atoms with van der Waals surface area (Å²) < 4.78 is 10.7. The minimum absolute atomic E-state index is 0.0503. The number of allylic oxidation sites excluding steroid dienone is 1. The van der Waals surface area contributed by atoms with Crippen LogP contribution in [0.1, 0.15) is 37.7 Å². The number of thioether (sulfide) groups is 1. The van der Waals surface area contributed by atoms with Gasteiger partial charge in [-0.25, -0.2) is 0 Å². The second-order valence-corrected chi connectivity index (χ2v) is 6.58. The molecule has 1 N–H and O–H groups in total. The molecule has 1 aromatic carbocycles. The fourth-order valence-electron chi connectivity index (χ4n) is 2.67. The number of carbonyl (C=O) groups is 1. The van der Waals surface area contributed by atoms with Gasteiger partial charge in [0.15, 0.2) is 11.5 Å². The van der Waals surface area contributed by atoms with Crippen LogP contribution >= 0.6 is 11.8 Å². The van der Waals surface area contributed by atoms with Crippen molar-refractivity contribution in [3.05, 3.63) is 34.4 Å². The summed E-state index contributed by atoms with van der Waals surface area (Å²) in [5.41, 5.74) is 1.54. The molecule has 5 nitrogen and oxygen atoms in total. The monoisotopic (exact) mass is 330 g/mol. The molecule has 2 heterocycles. The van der Waals surface area contributed by atoms with Gasteiger partial charge < -0.3 is 14.8 Å². The van der Waals surface area contributed by atoms with Gasteiger partial charge in [0, 0.05) is 12.3 Å². The third-order valence-corrected chi connectivity index (χ3v) is 5.00. The zero-order valence-electron chi connectivity index (χ0n) is 12.9. The van der Waals surface area contributed by atoms with E-state index in [1.54, 1.807) is 11.8 Å². The van der Waals surface area contributed by atoms with E-state index in [1.807, 2.05) is 18.2 Å². The molecule has 23 heavy (non-hydrogen) atoms. The molecule has 120 valence electrons. The van der Waals surface area contributed by atoms with Crippen molar-refractivity contribution in [2.75, 3.05) is 12.5 Å². The average Bonchev–Trinajstić information content (AvgIpc) is 3.02. The van der Waals surface area contributed by atoms with Gasteiger partial charge in [-0.05, 0) is 29.9 Å². The van der Waals surface area contributed by atoms with E-state index in [1.165, 1.54) is 0 Å². The smallest absolute Gasteiger partial charge is 0.231 e. The lowest BCUT2D eigenvalue weighted by Gasteiger charge is -2.25. The maximum absolute atomic E-state index is 12.1. The number of carbonyl (C=O) groups excluding carboxylic acids is 1. The Bertz CT molecular complexity index is 694. The first-order valence-corrected chi connectivity index (χ1v) is 8.68. The topological polar surface area (TPSA) is 71.3 Å².